The number of carbonyl (C=O) groups is 4. The summed E-state index contributed by atoms with van der Waals surface area (Å²) in [7, 11) is 0. The molecule has 0 bridgehead atoms. The van der Waals surface area contributed by atoms with E-state index < -0.39 is 23.9 Å². The van der Waals surface area contributed by atoms with Gasteiger partial charge in [0.15, 0.2) is 0 Å². The highest BCUT2D eigenvalue weighted by atomic mass is 16.6. The van der Waals surface area contributed by atoms with Gasteiger partial charge in [0, 0.05) is 25.7 Å². The molecule has 14 heavy (non-hydrogen) atoms. The van der Waals surface area contributed by atoms with Gasteiger partial charge in [0.25, 0.3) is 0 Å². The standard InChI is InChI=1S/C8H6O6/c1-5(9)13-7(11)3-4-8(12)14-6(2)10/h1-2H3. The zero-order valence-corrected chi connectivity index (χ0v) is 7.45. The van der Waals surface area contributed by atoms with Crippen LogP contribution in [0.1, 0.15) is 13.8 Å². The molecule has 6 nitrogen and oxygen atoms in total. The molecule has 0 aliphatic heterocycles. The average Bonchev–Trinajstić information content (AvgIpc) is 1.98. The van der Waals surface area contributed by atoms with Crippen molar-refractivity contribution in [3.63, 3.8) is 0 Å². The molecule has 0 aliphatic carbocycles. The Morgan fingerprint density at radius 1 is 0.786 bits per heavy atom. The van der Waals surface area contributed by atoms with Gasteiger partial charge in [0.05, 0.1) is 0 Å². The van der Waals surface area contributed by atoms with E-state index in [0.717, 1.165) is 13.8 Å². The molecule has 0 aromatic carbocycles. The van der Waals surface area contributed by atoms with Crippen LogP contribution in [0.15, 0.2) is 0 Å². The molecular weight excluding hydrogens is 192 g/mol. The summed E-state index contributed by atoms with van der Waals surface area (Å²) in [6.07, 6.45) is 0. The van der Waals surface area contributed by atoms with Crippen LogP contribution in [0.5, 0.6) is 0 Å². The lowest BCUT2D eigenvalue weighted by Gasteiger charge is -1.90. The molecular formula is C8H6O6. The quantitative estimate of drug-likeness (QED) is 0.218. The van der Waals surface area contributed by atoms with Crippen molar-refractivity contribution in [3.8, 4) is 11.8 Å². The number of rotatable bonds is 0. The van der Waals surface area contributed by atoms with Crippen LogP contribution in [0.25, 0.3) is 0 Å². The van der Waals surface area contributed by atoms with E-state index in [1.54, 1.807) is 11.8 Å². The summed E-state index contributed by atoms with van der Waals surface area (Å²) in [5, 5.41) is 0. The minimum atomic E-state index is -1.18. The lowest BCUT2D eigenvalue weighted by atomic mass is 10.5. The van der Waals surface area contributed by atoms with Crippen molar-refractivity contribution < 1.29 is 28.7 Å². The van der Waals surface area contributed by atoms with Crippen molar-refractivity contribution in [1.29, 1.82) is 0 Å². The highest BCUT2D eigenvalue weighted by molar-refractivity contribution is 6.03. The first-order chi connectivity index (χ1) is 6.41. The first kappa shape index (κ1) is 11.8. The van der Waals surface area contributed by atoms with Gasteiger partial charge in [-0.3, -0.25) is 9.59 Å². The predicted octanol–water partition coefficient (Wildman–Crippen LogP) is -0.831. The minimum absolute atomic E-state index is 0.843. The average molecular weight is 198 g/mol. The molecule has 6 heteroatoms. The molecule has 0 atom stereocenters. The molecule has 0 heterocycles. The molecule has 0 N–H and O–H groups in total. The summed E-state index contributed by atoms with van der Waals surface area (Å²) in [4.78, 5) is 41.5. The molecule has 0 aliphatic rings. The van der Waals surface area contributed by atoms with Gasteiger partial charge in [-0.2, -0.15) is 0 Å². The maximum atomic E-state index is 10.5. The zero-order chi connectivity index (χ0) is 11.1. The summed E-state index contributed by atoms with van der Waals surface area (Å²) in [6, 6.07) is 0. The van der Waals surface area contributed by atoms with Crippen LogP contribution in [-0.2, 0) is 28.7 Å². The fourth-order valence-electron chi connectivity index (χ4n) is 0.414. The smallest absolute Gasteiger partial charge is 0.383 e. The van der Waals surface area contributed by atoms with Crippen LogP contribution in [0.2, 0.25) is 0 Å². The summed E-state index contributed by atoms with van der Waals surface area (Å²) >= 11 is 0. The van der Waals surface area contributed by atoms with E-state index in [2.05, 4.69) is 9.47 Å². The second-order valence-electron chi connectivity index (χ2n) is 2.01. The van der Waals surface area contributed by atoms with Crippen LogP contribution in [0.4, 0.5) is 0 Å². The van der Waals surface area contributed by atoms with E-state index in [1.165, 1.54) is 0 Å². The van der Waals surface area contributed by atoms with Crippen LogP contribution in [-0.4, -0.2) is 23.9 Å². The fourth-order valence-corrected chi connectivity index (χ4v) is 0.414. The van der Waals surface area contributed by atoms with Crippen molar-refractivity contribution in [2.45, 2.75) is 13.8 Å². The number of carbonyl (C=O) groups excluding carboxylic acids is 4. The predicted molar refractivity (Wildman–Crippen MR) is 41.3 cm³/mol. The first-order valence-corrected chi connectivity index (χ1v) is 3.38. The van der Waals surface area contributed by atoms with Gasteiger partial charge >= 0.3 is 23.9 Å². The first-order valence-electron chi connectivity index (χ1n) is 3.38. The molecule has 0 unspecified atom stereocenters. The Bertz CT molecular complexity index is 311. The van der Waals surface area contributed by atoms with Crippen LogP contribution < -0.4 is 0 Å². The third-order valence-corrected chi connectivity index (χ3v) is 0.739. The molecule has 0 radical (unpaired) electrons. The Morgan fingerprint density at radius 3 is 1.29 bits per heavy atom. The van der Waals surface area contributed by atoms with Crippen LogP contribution in [0, 0.1) is 11.8 Å². The Labute approximate surface area is 79.2 Å². The van der Waals surface area contributed by atoms with Crippen molar-refractivity contribution in [1.82, 2.24) is 0 Å². The fraction of sp³-hybridized carbons (Fsp3) is 0.250. The number of ether oxygens (including phenoxy) is 2. The van der Waals surface area contributed by atoms with Gasteiger partial charge in [-0.25, -0.2) is 9.59 Å². The Balaban J connectivity index is 4.16. The SMILES string of the molecule is CC(=O)OC(=O)C#CC(=O)OC(C)=O. The molecule has 0 saturated carbocycles. The maximum Gasteiger partial charge on any atom is 0.392 e. The van der Waals surface area contributed by atoms with Crippen molar-refractivity contribution in [2.24, 2.45) is 0 Å². The van der Waals surface area contributed by atoms with Gasteiger partial charge in [0.2, 0.25) is 0 Å². The number of hydrogen-bond acceptors (Lipinski definition) is 6. The molecule has 0 spiro atoms. The topological polar surface area (TPSA) is 86.7 Å². The van der Waals surface area contributed by atoms with Gasteiger partial charge in [0.1, 0.15) is 0 Å². The summed E-state index contributed by atoms with van der Waals surface area (Å²) in [6.45, 7) is 2.01. The van der Waals surface area contributed by atoms with Crippen LogP contribution >= 0.6 is 0 Å². The van der Waals surface area contributed by atoms with Gasteiger partial charge in [-0.05, 0) is 0 Å². The van der Waals surface area contributed by atoms with Crippen molar-refractivity contribution in [2.75, 3.05) is 0 Å². The number of esters is 4. The van der Waals surface area contributed by atoms with Crippen molar-refractivity contribution in [3.05, 3.63) is 0 Å². The molecule has 0 rings (SSSR count). The highest BCUT2D eigenvalue weighted by Gasteiger charge is 2.04. The summed E-state index contributed by atoms with van der Waals surface area (Å²) in [5.74, 6) is -0.731. The van der Waals surface area contributed by atoms with Crippen molar-refractivity contribution >= 4 is 23.9 Å². The monoisotopic (exact) mass is 198 g/mol. The molecule has 0 aromatic heterocycles. The van der Waals surface area contributed by atoms with E-state index in [9.17, 15) is 19.2 Å². The molecule has 74 valence electrons. The van der Waals surface area contributed by atoms with E-state index >= 15 is 0 Å². The minimum Gasteiger partial charge on any atom is -0.383 e. The summed E-state index contributed by atoms with van der Waals surface area (Å²) < 4.78 is 7.92. The second kappa shape index (κ2) is 5.48. The Kier molecular flexibility index (Phi) is 4.63. The normalized spacial score (nSPS) is 7.86. The number of hydrogen-bond donors (Lipinski definition) is 0. The Hall–Kier alpha value is -2.16. The van der Waals surface area contributed by atoms with E-state index in [-0.39, 0.29) is 0 Å². The van der Waals surface area contributed by atoms with E-state index in [4.69, 9.17) is 0 Å². The molecule has 0 amide bonds. The largest absolute Gasteiger partial charge is 0.392 e. The molecule has 0 fully saturated rings. The lowest BCUT2D eigenvalue weighted by molar-refractivity contribution is -0.156. The maximum absolute atomic E-state index is 10.5. The van der Waals surface area contributed by atoms with Gasteiger partial charge in [-0.1, -0.05) is 0 Å². The van der Waals surface area contributed by atoms with Gasteiger partial charge < -0.3 is 9.47 Å². The molecule has 0 saturated heterocycles. The van der Waals surface area contributed by atoms with E-state index in [1.807, 2.05) is 0 Å². The third kappa shape index (κ3) is 6.54. The van der Waals surface area contributed by atoms with Gasteiger partial charge in [-0.15, -0.1) is 0 Å². The second-order valence-corrected chi connectivity index (χ2v) is 2.01. The highest BCUT2D eigenvalue weighted by Crippen LogP contribution is 1.80. The zero-order valence-electron chi connectivity index (χ0n) is 7.45. The van der Waals surface area contributed by atoms with E-state index in [0.29, 0.717) is 0 Å². The Morgan fingerprint density at radius 2 is 1.07 bits per heavy atom. The summed E-state index contributed by atoms with van der Waals surface area (Å²) in [5.41, 5.74) is 0. The lowest BCUT2D eigenvalue weighted by Crippen LogP contribution is -2.09. The third-order valence-electron chi connectivity index (χ3n) is 0.739. The van der Waals surface area contributed by atoms with Crippen LogP contribution in [0.3, 0.4) is 0 Å². The molecule has 0 aromatic rings.